The van der Waals surface area contributed by atoms with E-state index in [1.54, 1.807) is 10.9 Å². The van der Waals surface area contributed by atoms with Crippen molar-refractivity contribution in [3.05, 3.63) is 11.9 Å². The molecule has 2 fully saturated rings. The van der Waals surface area contributed by atoms with E-state index < -0.39 is 24.2 Å². The van der Waals surface area contributed by atoms with Crippen molar-refractivity contribution in [2.24, 2.45) is 0 Å². The van der Waals surface area contributed by atoms with Gasteiger partial charge in [-0.3, -0.25) is 9.69 Å². The van der Waals surface area contributed by atoms with Crippen LogP contribution in [-0.2, 0) is 17.9 Å². The molecular formula is C18H27F3N6O3. The van der Waals surface area contributed by atoms with E-state index in [2.05, 4.69) is 15.6 Å². The van der Waals surface area contributed by atoms with Crippen LogP contribution in [-0.4, -0.2) is 79.8 Å². The van der Waals surface area contributed by atoms with Gasteiger partial charge in [0.25, 0.3) is 0 Å². The molecule has 0 bridgehead atoms. The summed E-state index contributed by atoms with van der Waals surface area (Å²) >= 11 is 0. The lowest BCUT2D eigenvalue weighted by Crippen LogP contribution is -2.51. The van der Waals surface area contributed by atoms with Gasteiger partial charge in [0.1, 0.15) is 0 Å². The van der Waals surface area contributed by atoms with Gasteiger partial charge in [-0.05, 0) is 32.7 Å². The lowest BCUT2D eigenvalue weighted by molar-refractivity contribution is -0.186. The Bertz CT molecular complexity index is 756. The van der Waals surface area contributed by atoms with E-state index >= 15 is 0 Å². The molecule has 1 saturated heterocycles. The number of likely N-dealkylation sites (tertiary alicyclic amines) is 1. The fourth-order valence-corrected chi connectivity index (χ4v) is 4.55. The van der Waals surface area contributed by atoms with Crippen LogP contribution in [0.1, 0.15) is 44.2 Å². The van der Waals surface area contributed by atoms with Gasteiger partial charge in [-0.2, -0.15) is 13.2 Å². The van der Waals surface area contributed by atoms with Crippen LogP contribution < -0.4 is 5.32 Å². The van der Waals surface area contributed by atoms with Crippen molar-refractivity contribution in [2.45, 2.75) is 75.9 Å². The minimum Gasteiger partial charge on any atom is -0.465 e. The Hall–Kier alpha value is -2.37. The van der Waals surface area contributed by atoms with E-state index in [-0.39, 0.29) is 25.2 Å². The zero-order chi connectivity index (χ0) is 21.9. The van der Waals surface area contributed by atoms with Crippen LogP contribution in [0, 0.1) is 0 Å². The smallest absolute Gasteiger partial charge is 0.465 e. The second kappa shape index (κ2) is 9.19. The molecule has 2 aliphatic rings. The number of likely N-dealkylation sites (N-methyl/N-ethyl adjacent to an activating group) is 1. The maximum Gasteiger partial charge on any atom is 0.471 e. The molecule has 1 aromatic rings. The third-order valence-electron chi connectivity index (χ3n) is 5.98. The Labute approximate surface area is 172 Å². The average Bonchev–Trinajstić information content (AvgIpc) is 3.30. The SMILES string of the molecule is CN(Cc1cnnn1C[C@H]1CCCN1C(=O)C(F)(F)F)[C@@H]1CCCC[C@H]1NC(=O)O. The van der Waals surface area contributed by atoms with Crippen molar-refractivity contribution >= 4 is 12.0 Å². The van der Waals surface area contributed by atoms with Crippen molar-refractivity contribution in [3.63, 3.8) is 0 Å². The zero-order valence-corrected chi connectivity index (χ0v) is 16.8. The Balaban J connectivity index is 1.66. The monoisotopic (exact) mass is 432 g/mol. The first-order valence-electron chi connectivity index (χ1n) is 10.1. The predicted octanol–water partition coefficient (Wildman–Crippen LogP) is 1.84. The molecule has 1 saturated carbocycles. The van der Waals surface area contributed by atoms with Gasteiger partial charge in [0.05, 0.1) is 24.5 Å². The second-order valence-electron chi connectivity index (χ2n) is 8.02. The molecule has 0 unspecified atom stereocenters. The maximum absolute atomic E-state index is 12.9. The standard InChI is InChI=1S/C18H27F3N6O3/c1-25(15-7-3-2-6-14(15)23-17(29)30)10-13-9-22-24-27(13)11-12-5-4-8-26(12)16(28)18(19,20)21/h9,12,14-15,23H,2-8,10-11H2,1H3,(H,29,30)/t12-,14-,15-/m1/s1. The van der Waals surface area contributed by atoms with E-state index in [1.165, 1.54) is 0 Å². The van der Waals surface area contributed by atoms with Crippen molar-refractivity contribution in [2.75, 3.05) is 13.6 Å². The number of halogens is 3. The predicted molar refractivity (Wildman–Crippen MR) is 99.5 cm³/mol. The van der Waals surface area contributed by atoms with Crippen LogP contribution in [0.4, 0.5) is 18.0 Å². The quantitative estimate of drug-likeness (QED) is 0.711. The number of hydrogen-bond donors (Lipinski definition) is 2. The molecule has 0 radical (unpaired) electrons. The summed E-state index contributed by atoms with van der Waals surface area (Å²) in [6.07, 6.45) is 0.175. The van der Waals surface area contributed by atoms with Crippen molar-refractivity contribution in [1.82, 2.24) is 30.1 Å². The van der Waals surface area contributed by atoms with E-state index in [9.17, 15) is 22.8 Å². The summed E-state index contributed by atoms with van der Waals surface area (Å²) < 4.78 is 40.1. The van der Waals surface area contributed by atoms with Gasteiger partial charge in [0.2, 0.25) is 0 Å². The fraction of sp³-hybridized carbons (Fsp3) is 0.778. The maximum atomic E-state index is 12.9. The number of carbonyl (C=O) groups is 2. The Kier molecular flexibility index (Phi) is 6.84. The summed E-state index contributed by atoms with van der Waals surface area (Å²) in [7, 11) is 1.89. The number of amides is 2. The van der Waals surface area contributed by atoms with Gasteiger partial charge in [0.15, 0.2) is 0 Å². The molecule has 0 aromatic carbocycles. The summed E-state index contributed by atoms with van der Waals surface area (Å²) in [5, 5.41) is 19.6. The van der Waals surface area contributed by atoms with Gasteiger partial charge >= 0.3 is 18.2 Å². The molecule has 1 aliphatic carbocycles. The Morgan fingerprint density at radius 2 is 2.00 bits per heavy atom. The number of rotatable bonds is 6. The van der Waals surface area contributed by atoms with Crippen molar-refractivity contribution in [3.8, 4) is 0 Å². The third kappa shape index (κ3) is 5.21. The highest BCUT2D eigenvalue weighted by Gasteiger charge is 2.46. The topological polar surface area (TPSA) is 104 Å². The number of hydrogen-bond acceptors (Lipinski definition) is 5. The number of nitrogens with one attached hydrogen (secondary N) is 1. The molecule has 30 heavy (non-hydrogen) atoms. The van der Waals surface area contributed by atoms with Crippen molar-refractivity contribution in [1.29, 1.82) is 0 Å². The van der Waals surface area contributed by atoms with E-state index in [0.717, 1.165) is 30.6 Å². The van der Waals surface area contributed by atoms with E-state index in [4.69, 9.17) is 5.11 Å². The number of carboxylic acid groups (broad SMARTS) is 1. The van der Waals surface area contributed by atoms with Crippen LogP contribution in [0.3, 0.4) is 0 Å². The van der Waals surface area contributed by atoms with Gasteiger partial charge in [-0.25, -0.2) is 9.48 Å². The average molecular weight is 432 g/mol. The summed E-state index contributed by atoms with van der Waals surface area (Å²) in [5.74, 6) is -1.81. The third-order valence-corrected chi connectivity index (χ3v) is 5.98. The van der Waals surface area contributed by atoms with Crippen LogP contribution in [0.5, 0.6) is 0 Å². The van der Waals surface area contributed by atoms with Crippen LogP contribution in [0.25, 0.3) is 0 Å². The molecule has 2 N–H and O–H groups in total. The van der Waals surface area contributed by atoms with Crippen LogP contribution >= 0.6 is 0 Å². The van der Waals surface area contributed by atoms with Gasteiger partial charge in [0, 0.05) is 25.2 Å². The van der Waals surface area contributed by atoms with Crippen LogP contribution in [0.2, 0.25) is 0 Å². The molecule has 2 heterocycles. The molecule has 1 aromatic heterocycles. The molecule has 3 atom stereocenters. The highest BCUT2D eigenvalue weighted by molar-refractivity contribution is 5.82. The first-order chi connectivity index (χ1) is 14.2. The minimum atomic E-state index is -4.89. The Morgan fingerprint density at radius 3 is 2.70 bits per heavy atom. The van der Waals surface area contributed by atoms with E-state index in [1.807, 2.05) is 11.9 Å². The van der Waals surface area contributed by atoms with E-state index in [0.29, 0.717) is 25.1 Å². The number of aromatic nitrogens is 3. The number of nitrogens with zero attached hydrogens (tertiary/aromatic N) is 5. The normalized spacial score (nSPS) is 25.0. The van der Waals surface area contributed by atoms with Crippen molar-refractivity contribution < 1.29 is 27.9 Å². The highest BCUT2D eigenvalue weighted by Crippen LogP contribution is 2.27. The minimum absolute atomic E-state index is 0.00739. The van der Waals surface area contributed by atoms with Crippen LogP contribution in [0.15, 0.2) is 6.20 Å². The van der Waals surface area contributed by atoms with Gasteiger partial charge in [-0.15, -0.1) is 5.10 Å². The molecule has 2 amide bonds. The number of carbonyl (C=O) groups excluding carboxylic acids is 1. The zero-order valence-electron chi connectivity index (χ0n) is 16.8. The first kappa shape index (κ1) is 22.3. The lowest BCUT2D eigenvalue weighted by Gasteiger charge is -2.37. The fourth-order valence-electron chi connectivity index (χ4n) is 4.55. The molecule has 168 valence electrons. The molecule has 9 nitrogen and oxygen atoms in total. The highest BCUT2D eigenvalue weighted by atomic mass is 19.4. The lowest BCUT2D eigenvalue weighted by atomic mass is 9.89. The molecule has 0 spiro atoms. The summed E-state index contributed by atoms with van der Waals surface area (Å²) in [4.78, 5) is 25.7. The summed E-state index contributed by atoms with van der Waals surface area (Å²) in [6.45, 7) is 0.652. The largest absolute Gasteiger partial charge is 0.471 e. The van der Waals surface area contributed by atoms with Gasteiger partial charge in [-0.1, -0.05) is 18.1 Å². The summed E-state index contributed by atoms with van der Waals surface area (Å²) in [6, 6.07) is -0.755. The number of alkyl halides is 3. The molecule has 3 rings (SSSR count). The molecule has 1 aliphatic heterocycles. The second-order valence-corrected chi connectivity index (χ2v) is 8.02. The molecular weight excluding hydrogens is 405 g/mol. The van der Waals surface area contributed by atoms with Gasteiger partial charge < -0.3 is 15.3 Å². The Morgan fingerprint density at radius 1 is 1.27 bits per heavy atom. The molecule has 12 heteroatoms. The summed E-state index contributed by atoms with van der Waals surface area (Å²) in [5.41, 5.74) is 0.712. The first-order valence-corrected chi connectivity index (χ1v) is 10.1.